The fourth-order valence-electron chi connectivity index (χ4n) is 4.79. The van der Waals surface area contributed by atoms with Gasteiger partial charge in [-0.3, -0.25) is 19.7 Å². The molecule has 1 saturated carbocycles. The number of non-ortho nitro benzene ring substituents is 1. The number of benzene rings is 2. The van der Waals surface area contributed by atoms with Crippen molar-refractivity contribution in [1.82, 2.24) is 5.01 Å². The molecule has 1 saturated heterocycles. The highest BCUT2D eigenvalue weighted by Gasteiger charge is 2.59. The van der Waals surface area contributed by atoms with Crippen molar-refractivity contribution in [3.05, 3.63) is 80.9 Å². The highest BCUT2D eigenvalue weighted by molar-refractivity contribution is 6.31. The average Bonchev–Trinajstić information content (AvgIpc) is 3.46. The van der Waals surface area contributed by atoms with Crippen LogP contribution in [-0.4, -0.2) is 28.0 Å². The van der Waals surface area contributed by atoms with Crippen LogP contribution in [0.2, 0.25) is 5.02 Å². The fourth-order valence-corrected chi connectivity index (χ4v) is 4.97. The zero-order valence-electron chi connectivity index (χ0n) is 16.8. The average molecular weight is 452 g/mol. The van der Waals surface area contributed by atoms with Crippen LogP contribution in [0.15, 0.2) is 59.7 Å². The number of halogens is 1. The minimum Gasteiger partial charge on any atom is -0.488 e. The smallest absolute Gasteiger partial charge is 0.269 e. The molecule has 2 bridgehead atoms. The van der Waals surface area contributed by atoms with Gasteiger partial charge in [0, 0.05) is 22.7 Å². The molecule has 162 valence electrons. The zero-order valence-corrected chi connectivity index (χ0v) is 17.5. The highest BCUT2D eigenvalue weighted by Crippen LogP contribution is 2.52. The Bertz CT molecular complexity index is 1160. The van der Waals surface area contributed by atoms with Crippen LogP contribution >= 0.6 is 11.6 Å². The van der Waals surface area contributed by atoms with E-state index < -0.39 is 4.92 Å². The molecule has 2 aliphatic carbocycles. The van der Waals surface area contributed by atoms with E-state index in [0.717, 1.165) is 11.4 Å². The van der Waals surface area contributed by atoms with E-state index >= 15 is 0 Å². The third-order valence-corrected chi connectivity index (χ3v) is 6.48. The minimum absolute atomic E-state index is 0.0240. The van der Waals surface area contributed by atoms with Gasteiger partial charge in [0.25, 0.3) is 17.5 Å². The first kappa shape index (κ1) is 20.4. The monoisotopic (exact) mass is 451 g/mol. The standard InChI is InChI=1S/C23H18ClN3O5/c24-17-6-7-19(32-12-13-2-1-3-18(8-13)27(30)31)16(10-17)11-25-26-22(28)20-14-4-5-15(9-14)21(20)23(26)29/h1-8,10-11,14-15,20-21H,9,12H2. The zero-order chi connectivity index (χ0) is 22.4. The Labute approximate surface area is 188 Å². The number of nitro benzene ring substituents is 1. The number of allylic oxidation sites excluding steroid dienone is 2. The van der Waals surface area contributed by atoms with Crippen LogP contribution in [-0.2, 0) is 16.2 Å². The second-order valence-corrected chi connectivity index (χ2v) is 8.57. The van der Waals surface area contributed by atoms with Crippen molar-refractivity contribution >= 4 is 35.3 Å². The number of nitro groups is 1. The molecule has 2 fully saturated rings. The number of carbonyl (C=O) groups is 2. The predicted octanol–water partition coefficient (Wildman–Crippen LogP) is 3.97. The van der Waals surface area contributed by atoms with E-state index in [9.17, 15) is 19.7 Å². The van der Waals surface area contributed by atoms with E-state index in [1.165, 1.54) is 18.3 Å². The highest BCUT2D eigenvalue weighted by atomic mass is 35.5. The van der Waals surface area contributed by atoms with E-state index in [1.807, 2.05) is 12.2 Å². The van der Waals surface area contributed by atoms with Crippen molar-refractivity contribution < 1.29 is 19.2 Å². The Morgan fingerprint density at radius 2 is 1.84 bits per heavy atom. The lowest BCUT2D eigenvalue weighted by atomic mass is 9.85. The molecule has 32 heavy (non-hydrogen) atoms. The molecule has 1 aliphatic heterocycles. The third kappa shape index (κ3) is 3.46. The van der Waals surface area contributed by atoms with Gasteiger partial charge in [0.1, 0.15) is 12.4 Å². The Kier molecular flexibility index (Phi) is 5.01. The van der Waals surface area contributed by atoms with E-state index in [0.29, 0.717) is 21.9 Å². The molecule has 2 aromatic carbocycles. The van der Waals surface area contributed by atoms with E-state index in [4.69, 9.17) is 16.3 Å². The summed E-state index contributed by atoms with van der Waals surface area (Å²) in [6.07, 6.45) is 6.30. The summed E-state index contributed by atoms with van der Waals surface area (Å²) in [5, 5.41) is 16.6. The summed E-state index contributed by atoms with van der Waals surface area (Å²) >= 11 is 6.12. The SMILES string of the molecule is O=C1C2C3C=CC(C3)C2C(=O)N1N=Cc1cc(Cl)ccc1OCc1cccc([N+](=O)[O-])c1. The van der Waals surface area contributed by atoms with E-state index in [2.05, 4.69) is 5.10 Å². The molecule has 0 spiro atoms. The molecular formula is C23H18ClN3O5. The number of carbonyl (C=O) groups excluding carboxylic acids is 2. The second-order valence-electron chi connectivity index (χ2n) is 8.13. The topological polar surface area (TPSA) is 102 Å². The summed E-state index contributed by atoms with van der Waals surface area (Å²) < 4.78 is 5.83. The molecule has 2 amide bonds. The number of ether oxygens (including phenoxy) is 1. The summed E-state index contributed by atoms with van der Waals surface area (Å²) in [5.41, 5.74) is 1.09. The summed E-state index contributed by atoms with van der Waals surface area (Å²) in [6.45, 7) is 0.0882. The first-order valence-corrected chi connectivity index (χ1v) is 10.6. The van der Waals surface area contributed by atoms with Crippen LogP contribution in [0.5, 0.6) is 5.75 Å². The lowest BCUT2D eigenvalue weighted by molar-refractivity contribution is -0.384. The fraction of sp³-hybridized carbons (Fsp3) is 0.261. The molecule has 5 rings (SSSR count). The maximum Gasteiger partial charge on any atom is 0.269 e. The molecular weight excluding hydrogens is 434 g/mol. The van der Waals surface area contributed by atoms with Crippen molar-refractivity contribution in [2.24, 2.45) is 28.8 Å². The maximum absolute atomic E-state index is 12.8. The molecule has 0 N–H and O–H groups in total. The van der Waals surface area contributed by atoms with Crippen molar-refractivity contribution in [3.63, 3.8) is 0 Å². The Morgan fingerprint density at radius 1 is 1.12 bits per heavy atom. The number of rotatable bonds is 6. The predicted molar refractivity (Wildman–Crippen MR) is 116 cm³/mol. The van der Waals surface area contributed by atoms with Gasteiger partial charge in [-0.25, -0.2) is 0 Å². The van der Waals surface area contributed by atoms with Crippen molar-refractivity contribution in [2.45, 2.75) is 13.0 Å². The van der Waals surface area contributed by atoms with Gasteiger partial charge in [-0.1, -0.05) is 35.9 Å². The molecule has 9 heteroatoms. The lowest BCUT2D eigenvalue weighted by Crippen LogP contribution is -2.28. The van der Waals surface area contributed by atoms with Gasteiger partial charge in [-0.05, 0) is 42.0 Å². The molecule has 0 aromatic heterocycles. The molecule has 1 heterocycles. The van der Waals surface area contributed by atoms with Gasteiger partial charge in [-0.15, -0.1) is 0 Å². The number of nitrogens with zero attached hydrogens (tertiary/aromatic N) is 3. The molecule has 4 unspecified atom stereocenters. The van der Waals surface area contributed by atoms with Crippen molar-refractivity contribution in [1.29, 1.82) is 0 Å². The molecule has 2 aromatic rings. The summed E-state index contributed by atoms with van der Waals surface area (Å²) in [4.78, 5) is 36.1. The normalized spacial score (nSPS) is 25.7. The Morgan fingerprint density at radius 3 is 2.53 bits per heavy atom. The number of hydrogen-bond acceptors (Lipinski definition) is 6. The number of amides is 2. The maximum atomic E-state index is 12.8. The number of hydrogen-bond donors (Lipinski definition) is 0. The largest absolute Gasteiger partial charge is 0.488 e. The van der Waals surface area contributed by atoms with Crippen molar-refractivity contribution in [2.75, 3.05) is 0 Å². The number of hydrazone groups is 1. The quantitative estimate of drug-likeness (QED) is 0.217. The van der Waals surface area contributed by atoms with Crippen LogP contribution < -0.4 is 4.74 Å². The molecule has 0 radical (unpaired) electrons. The Balaban J connectivity index is 1.34. The number of fused-ring (bicyclic) bond motifs is 5. The van der Waals surface area contributed by atoms with Crippen LogP contribution in [0.1, 0.15) is 17.5 Å². The molecule has 4 atom stereocenters. The second kappa shape index (κ2) is 7.87. The summed E-state index contributed by atoms with van der Waals surface area (Å²) in [5.74, 6) is -0.533. The number of imide groups is 1. The summed E-state index contributed by atoms with van der Waals surface area (Å²) in [6, 6.07) is 11.1. The van der Waals surface area contributed by atoms with Gasteiger partial charge in [-0.2, -0.15) is 10.1 Å². The molecule has 8 nitrogen and oxygen atoms in total. The first-order chi connectivity index (χ1) is 15.4. The van der Waals surface area contributed by atoms with Crippen LogP contribution in [0.25, 0.3) is 0 Å². The summed E-state index contributed by atoms with van der Waals surface area (Å²) in [7, 11) is 0. The van der Waals surface area contributed by atoms with Gasteiger partial charge in [0.2, 0.25) is 0 Å². The van der Waals surface area contributed by atoms with Gasteiger partial charge >= 0.3 is 0 Å². The molecule has 3 aliphatic rings. The van der Waals surface area contributed by atoms with Crippen LogP contribution in [0, 0.1) is 33.8 Å². The lowest BCUT2D eigenvalue weighted by Gasteiger charge is -2.13. The van der Waals surface area contributed by atoms with Gasteiger partial charge in [0.15, 0.2) is 0 Å². The van der Waals surface area contributed by atoms with Crippen molar-refractivity contribution in [3.8, 4) is 5.75 Å². The third-order valence-electron chi connectivity index (χ3n) is 6.25. The first-order valence-electron chi connectivity index (χ1n) is 10.2. The van der Waals surface area contributed by atoms with Crippen LogP contribution in [0.3, 0.4) is 0 Å². The minimum atomic E-state index is -0.467. The van der Waals surface area contributed by atoms with Gasteiger partial charge in [0.05, 0.1) is 23.0 Å². The van der Waals surface area contributed by atoms with Crippen LogP contribution in [0.4, 0.5) is 5.69 Å². The Hall–Kier alpha value is -3.52. The van der Waals surface area contributed by atoms with Gasteiger partial charge < -0.3 is 4.74 Å². The van der Waals surface area contributed by atoms with E-state index in [-0.39, 0.29) is 47.8 Å². The van der Waals surface area contributed by atoms with E-state index in [1.54, 1.807) is 30.3 Å².